The van der Waals surface area contributed by atoms with E-state index in [1.165, 1.54) is 0 Å². The van der Waals surface area contributed by atoms with Gasteiger partial charge in [0.2, 0.25) is 5.91 Å². The minimum absolute atomic E-state index is 0.250. The SMILES string of the molecule is C=CC(=O)N[C@H](C=O)C(C)(C)C. The molecule has 1 N–H and O–H groups in total. The zero-order chi connectivity index (χ0) is 9.78. The molecule has 0 radical (unpaired) electrons. The highest BCUT2D eigenvalue weighted by Crippen LogP contribution is 2.17. The fourth-order valence-corrected chi connectivity index (χ4v) is 0.667. The van der Waals surface area contributed by atoms with Crippen LogP contribution in [0.2, 0.25) is 0 Å². The van der Waals surface area contributed by atoms with Crippen molar-refractivity contribution in [1.82, 2.24) is 5.32 Å². The molecule has 0 saturated heterocycles. The van der Waals surface area contributed by atoms with Crippen LogP contribution in [-0.2, 0) is 9.59 Å². The first kappa shape index (κ1) is 10.9. The fourth-order valence-electron chi connectivity index (χ4n) is 0.667. The topological polar surface area (TPSA) is 46.2 Å². The second-order valence-electron chi connectivity index (χ2n) is 3.69. The Morgan fingerprint density at radius 2 is 2.00 bits per heavy atom. The Balaban J connectivity index is 4.28. The Morgan fingerprint density at radius 3 is 2.25 bits per heavy atom. The van der Waals surface area contributed by atoms with Crippen molar-refractivity contribution in [1.29, 1.82) is 0 Å². The van der Waals surface area contributed by atoms with E-state index < -0.39 is 6.04 Å². The van der Waals surface area contributed by atoms with Gasteiger partial charge in [-0.3, -0.25) is 4.79 Å². The smallest absolute Gasteiger partial charge is 0.243 e. The van der Waals surface area contributed by atoms with Crippen molar-refractivity contribution in [3.63, 3.8) is 0 Å². The Bertz CT molecular complexity index is 191. The van der Waals surface area contributed by atoms with E-state index in [9.17, 15) is 9.59 Å². The molecule has 0 unspecified atom stereocenters. The summed E-state index contributed by atoms with van der Waals surface area (Å²) < 4.78 is 0. The van der Waals surface area contributed by atoms with Crippen LogP contribution in [0.25, 0.3) is 0 Å². The number of hydrogen-bond acceptors (Lipinski definition) is 2. The third-order valence-corrected chi connectivity index (χ3v) is 1.55. The van der Waals surface area contributed by atoms with E-state index >= 15 is 0 Å². The molecule has 3 heteroatoms. The highest BCUT2D eigenvalue weighted by molar-refractivity contribution is 5.89. The molecule has 12 heavy (non-hydrogen) atoms. The summed E-state index contributed by atoms with van der Waals surface area (Å²) in [6, 6.07) is -0.456. The first-order valence-electron chi connectivity index (χ1n) is 3.80. The monoisotopic (exact) mass is 169 g/mol. The molecule has 0 aromatic heterocycles. The first-order valence-corrected chi connectivity index (χ1v) is 3.80. The van der Waals surface area contributed by atoms with Crippen LogP contribution in [0.15, 0.2) is 12.7 Å². The Hall–Kier alpha value is -1.12. The summed E-state index contributed by atoms with van der Waals surface area (Å²) in [5.74, 6) is -0.318. The van der Waals surface area contributed by atoms with E-state index in [1.54, 1.807) is 0 Å². The van der Waals surface area contributed by atoms with Gasteiger partial charge in [-0.1, -0.05) is 27.4 Å². The summed E-state index contributed by atoms with van der Waals surface area (Å²) >= 11 is 0. The van der Waals surface area contributed by atoms with Crippen LogP contribution in [0.3, 0.4) is 0 Å². The normalized spacial score (nSPS) is 13.2. The van der Waals surface area contributed by atoms with E-state index in [4.69, 9.17) is 0 Å². The van der Waals surface area contributed by atoms with Crippen LogP contribution < -0.4 is 5.32 Å². The molecule has 1 amide bonds. The first-order chi connectivity index (χ1) is 5.41. The Kier molecular flexibility index (Phi) is 3.67. The van der Waals surface area contributed by atoms with Gasteiger partial charge in [0.15, 0.2) is 0 Å². The van der Waals surface area contributed by atoms with Crippen molar-refractivity contribution in [2.24, 2.45) is 5.41 Å². The fraction of sp³-hybridized carbons (Fsp3) is 0.556. The van der Waals surface area contributed by atoms with Crippen molar-refractivity contribution < 1.29 is 9.59 Å². The van der Waals surface area contributed by atoms with Gasteiger partial charge in [0.1, 0.15) is 6.29 Å². The summed E-state index contributed by atoms with van der Waals surface area (Å²) in [4.78, 5) is 21.4. The molecule has 0 rings (SSSR count). The molecule has 0 spiro atoms. The standard InChI is InChI=1S/C9H15NO2/c1-5-8(12)10-7(6-11)9(2,3)4/h5-7H,1H2,2-4H3,(H,10,12)/t7-/m1/s1. The van der Waals surface area contributed by atoms with Crippen molar-refractivity contribution in [2.45, 2.75) is 26.8 Å². The van der Waals surface area contributed by atoms with E-state index in [2.05, 4.69) is 11.9 Å². The van der Waals surface area contributed by atoms with Gasteiger partial charge in [-0.05, 0) is 11.5 Å². The second-order valence-corrected chi connectivity index (χ2v) is 3.69. The van der Waals surface area contributed by atoms with Gasteiger partial charge in [-0.25, -0.2) is 0 Å². The quantitative estimate of drug-likeness (QED) is 0.504. The predicted molar refractivity (Wildman–Crippen MR) is 47.6 cm³/mol. The molecule has 0 fully saturated rings. The van der Waals surface area contributed by atoms with Crippen LogP contribution in [0.4, 0.5) is 0 Å². The lowest BCUT2D eigenvalue weighted by Gasteiger charge is -2.26. The highest BCUT2D eigenvalue weighted by atomic mass is 16.2. The van der Waals surface area contributed by atoms with E-state index in [-0.39, 0.29) is 11.3 Å². The summed E-state index contributed by atoms with van der Waals surface area (Å²) in [6.45, 7) is 8.96. The molecule has 0 aromatic carbocycles. The lowest BCUT2D eigenvalue weighted by molar-refractivity contribution is -0.121. The molecule has 0 bridgehead atoms. The Morgan fingerprint density at radius 1 is 1.50 bits per heavy atom. The molecular weight excluding hydrogens is 154 g/mol. The third kappa shape index (κ3) is 3.32. The molecule has 0 saturated carbocycles. The van der Waals surface area contributed by atoms with Gasteiger partial charge in [0.05, 0.1) is 6.04 Å². The molecule has 0 aliphatic heterocycles. The van der Waals surface area contributed by atoms with Crippen molar-refractivity contribution in [2.75, 3.05) is 0 Å². The molecule has 0 aromatic rings. The average molecular weight is 169 g/mol. The van der Waals surface area contributed by atoms with E-state index in [0.29, 0.717) is 0 Å². The van der Waals surface area contributed by atoms with Gasteiger partial charge >= 0.3 is 0 Å². The number of rotatable bonds is 3. The molecule has 68 valence electrons. The maximum Gasteiger partial charge on any atom is 0.243 e. The van der Waals surface area contributed by atoms with Gasteiger partial charge in [-0.15, -0.1) is 0 Å². The third-order valence-electron chi connectivity index (χ3n) is 1.55. The summed E-state index contributed by atoms with van der Waals surface area (Å²) in [5, 5.41) is 2.53. The van der Waals surface area contributed by atoms with E-state index in [0.717, 1.165) is 12.4 Å². The second kappa shape index (κ2) is 4.04. The minimum atomic E-state index is -0.456. The van der Waals surface area contributed by atoms with Crippen LogP contribution >= 0.6 is 0 Å². The van der Waals surface area contributed by atoms with Crippen LogP contribution in [0.5, 0.6) is 0 Å². The number of carbonyl (C=O) groups excluding carboxylic acids is 2. The van der Waals surface area contributed by atoms with E-state index in [1.807, 2.05) is 20.8 Å². The summed E-state index contributed by atoms with van der Waals surface area (Å²) in [5.41, 5.74) is -0.250. The maximum atomic E-state index is 10.8. The average Bonchev–Trinajstić information content (AvgIpc) is 1.97. The Labute approximate surface area is 72.8 Å². The number of aldehydes is 1. The molecule has 0 aliphatic carbocycles. The van der Waals surface area contributed by atoms with Gasteiger partial charge in [0.25, 0.3) is 0 Å². The van der Waals surface area contributed by atoms with Crippen LogP contribution in [-0.4, -0.2) is 18.2 Å². The summed E-state index contributed by atoms with van der Waals surface area (Å²) in [7, 11) is 0. The van der Waals surface area contributed by atoms with Gasteiger partial charge in [0, 0.05) is 0 Å². The number of nitrogens with one attached hydrogen (secondary N) is 1. The van der Waals surface area contributed by atoms with Gasteiger partial charge < -0.3 is 10.1 Å². The zero-order valence-electron chi connectivity index (χ0n) is 7.76. The largest absolute Gasteiger partial charge is 0.343 e. The van der Waals surface area contributed by atoms with Crippen molar-refractivity contribution >= 4 is 12.2 Å². The molecule has 1 atom stereocenters. The molecule has 3 nitrogen and oxygen atoms in total. The highest BCUT2D eigenvalue weighted by Gasteiger charge is 2.24. The maximum absolute atomic E-state index is 10.8. The van der Waals surface area contributed by atoms with Crippen molar-refractivity contribution in [3.05, 3.63) is 12.7 Å². The zero-order valence-corrected chi connectivity index (χ0v) is 7.76. The van der Waals surface area contributed by atoms with Gasteiger partial charge in [-0.2, -0.15) is 0 Å². The van der Waals surface area contributed by atoms with Crippen molar-refractivity contribution in [3.8, 4) is 0 Å². The molecular formula is C9H15NO2. The number of amides is 1. The van der Waals surface area contributed by atoms with Crippen LogP contribution in [0.1, 0.15) is 20.8 Å². The molecule has 0 aliphatic rings. The lowest BCUT2D eigenvalue weighted by atomic mass is 9.88. The lowest BCUT2D eigenvalue weighted by Crippen LogP contribution is -2.44. The number of carbonyl (C=O) groups is 2. The summed E-state index contributed by atoms with van der Waals surface area (Å²) in [6.07, 6.45) is 1.89. The molecule has 0 heterocycles. The number of hydrogen-bond donors (Lipinski definition) is 1. The van der Waals surface area contributed by atoms with Crippen LogP contribution in [0, 0.1) is 5.41 Å². The minimum Gasteiger partial charge on any atom is -0.343 e. The predicted octanol–water partition coefficient (Wildman–Crippen LogP) is 0.902.